The normalized spacial score (nSPS) is 11.8. The first-order valence-corrected chi connectivity index (χ1v) is 22.8. The largest absolute Gasteiger partial charge is 0.542 e. The van der Waals surface area contributed by atoms with Gasteiger partial charge in [-0.15, -0.1) is 0 Å². The molecule has 22 heteroatoms. The van der Waals surface area contributed by atoms with Gasteiger partial charge in [0.05, 0.1) is 12.1 Å². The fourth-order valence-corrected chi connectivity index (χ4v) is 7.49. The second kappa shape index (κ2) is 25.1. The first-order chi connectivity index (χ1) is 35.7. The molecule has 0 fully saturated rings. The molecular weight excluding hydrogens is 999 g/mol. The average Bonchev–Trinajstić information content (AvgIpc) is 3.93. The number of hydrogen-bond donors (Lipinski definition) is 6. The monoisotopic (exact) mass is 1050 g/mol. The highest BCUT2D eigenvalue weighted by atomic mass is 19.4. The summed E-state index contributed by atoms with van der Waals surface area (Å²) in [7, 11) is 3.93. The minimum absolute atomic E-state index is 0.0299. The number of rotatable bonds is 12. The van der Waals surface area contributed by atoms with Crippen LogP contribution in [-0.2, 0) is 36.8 Å². The van der Waals surface area contributed by atoms with E-state index in [4.69, 9.17) is 42.1 Å². The van der Waals surface area contributed by atoms with E-state index in [1.54, 1.807) is 0 Å². The van der Waals surface area contributed by atoms with Gasteiger partial charge in [-0.1, -0.05) is 72.8 Å². The van der Waals surface area contributed by atoms with Crippen LogP contribution in [0.3, 0.4) is 0 Å². The highest BCUT2D eigenvalue weighted by Crippen LogP contribution is 2.25. The van der Waals surface area contributed by atoms with Crippen molar-refractivity contribution in [1.82, 2.24) is 19.8 Å². The molecule has 0 aliphatic heterocycles. The summed E-state index contributed by atoms with van der Waals surface area (Å²) < 4.78 is 71.1. The third-order valence-electron chi connectivity index (χ3n) is 11.4. The zero-order valence-corrected chi connectivity index (χ0v) is 41.2. The second-order valence-electron chi connectivity index (χ2n) is 17.1. The molecule has 0 saturated carbocycles. The molecule has 4 aromatic heterocycles. The van der Waals surface area contributed by atoms with Gasteiger partial charge in [-0.2, -0.15) is 26.3 Å². The molecule has 76 heavy (non-hydrogen) atoms. The Labute approximate surface area is 431 Å². The Morgan fingerprint density at radius 1 is 0.539 bits per heavy atom. The number of nitrogens with zero attached hydrogens (tertiary/aromatic N) is 4. The van der Waals surface area contributed by atoms with E-state index in [0.717, 1.165) is 44.1 Å². The van der Waals surface area contributed by atoms with E-state index in [9.17, 15) is 35.9 Å². The number of para-hydroxylation sites is 2. The molecule has 2 unspecified atom stereocenters. The Kier molecular flexibility index (Phi) is 19.0. The van der Waals surface area contributed by atoms with Gasteiger partial charge in [-0.3, -0.25) is 20.4 Å². The van der Waals surface area contributed by atoms with Crippen LogP contribution in [-0.4, -0.2) is 56.9 Å². The number of alkyl halides is 6. The van der Waals surface area contributed by atoms with E-state index >= 15 is 0 Å². The van der Waals surface area contributed by atoms with Crippen molar-refractivity contribution in [2.24, 2.45) is 25.6 Å². The van der Waals surface area contributed by atoms with Crippen LogP contribution in [0.1, 0.15) is 80.3 Å². The van der Waals surface area contributed by atoms with Crippen molar-refractivity contribution >= 4 is 57.2 Å². The van der Waals surface area contributed by atoms with Crippen LogP contribution < -0.4 is 41.4 Å². The molecule has 16 nitrogen and oxygen atoms in total. The number of amidine groups is 2. The fraction of sp³-hybridized carbons (Fsp3) is 0.185. The lowest BCUT2D eigenvalue weighted by molar-refractivity contribution is -0.671. The summed E-state index contributed by atoms with van der Waals surface area (Å²) in [6.07, 6.45) is -2.51. The number of carbonyl (C=O) groups is 4. The summed E-state index contributed by atoms with van der Waals surface area (Å²) in [6.45, 7) is 4.98. The lowest BCUT2D eigenvalue weighted by atomic mass is 10.1. The molecule has 2 atom stereocenters. The number of nitrogens with one attached hydrogen (secondary N) is 4. The number of nitrogens with two attached hydrogens (primary N) is 2. The number of carboxylic acid groups (broad SMARTS) is 2. The van der Waals surface area contributed by atoms with Crippen molar-refractivity contribution in [3.8, 4) is 0 Å². The van der Waals surface area contributed by atoms with E-state index in [1.807, 2.05) is 204 Å². The zero-order chi connectivity index (χ0) is 56.1. The quantitative estimate of drug-likeness (QED) is 0.0411. The molecule has 0 aliphatic rings. The maximum absolute atomic E-state index is 13.3. The molecule has 396 valence electrons. The van der Waals surface area contributed by atoms with E-state index in [-0.39, 0.29) is 35.6 Å². The van der Waals surface area contributed by atoms with Gasteiger partial charge >= 0.3 is 12.4 Å². The van der Waals surface area contributed by atoms with E-state index in [1.165, 1.54) is 0 Å². The molecule has 0 bridgehead atoms. The van der Waals surface area contributed by atoms with Crippen molar-refractivity contribution in [1.29, 1.82) is 10.8 Å². The van der Waals surface area contributed by atoms with Gasteiger partial charge in [0.1, 0.15) is 49.1 Å². The second-order valence-corrected chi connectivity index (χ2v) is 17.1. The summed E-state index contributed by atoms with van der Waals surface area (Å²) in [5.74, 6) is -6.20. The van der Waals surface area contributed by atoms with Crippen molar-refractivity contribution in [2.45, 2.75) is 51.4 Å². The number of amides is 2. The minimum atomic E-state index is -5.19. The van der Waals surface area contributed by atoms with Crippen LogP contribution in [0.5, 0.6) is 0 Å². The molecule has 4 aromatic carbocycles. The number of hydrogen-bond acceptors (Lipinski definition) is 8. The van der Waals surface area contributed by atoms with Gasteiger partial charge < -0.3 is 51.0 Å². The Hall–Kier alpha value is -9.34. The predicted octanol–water partition coefficient (Wildman–Crippen LogP) is 5.18. The van der Waals surface area contributed by atoms with Crippen LogP contribution in [0.4, 0.5) is 26.3 Å². The number of benzene rings is 4. The Morgan fingerprint density at radius 3 is 1.16 bits per heavy atom. The maximum atomic E-state index is 13.3. The first kappa shape index (κ1) is 57.6. The van der Waals surface area contributed by atoms with Gasteiger partial charge in [0, 0.05) is 70.3 Å². The van der Waals surface area contributed by atoms with Gasteiger partial charge in [0.25, 0.3) is 11.8 Å². The summed E-state index contributed by atoms with van der Waals surface area (Å²) in [4.78, 5) is 44.1. The SMILES string of the molecule is CC(NC(=O)c1cc2ccccc2n1Cc1cccc(C(=N)N)c1)c1cc[n+](C)cc1.CC(NC(=O)c1cc2ccccc2n1Cc1cccc(C(=N)N)c1)c1cc[n+](C)cc1.O=C([O-])C(F)(F)F.O=C([O-])C(F)(F)F. The lowest BCUT2D eigenvalue weighted by Gasteiger charge is -2.16. The van der Waals surface area contributed by atoms with E-state index < -0.39 is 24.3 Å². The molecule has 0 spiro atoms. The summed E-state index contributed by atoms with van der Waals surface area (Å²) >= 11 is 0. The van der Waals surface area contributed by atoms with Crippen molar-refractivity contribution in [3.63, 3.8) is 0 Å². The van der Waals surface area contributed by atoms with Gasteiger partial charge in [0.2, 0.25) is 0 Å². The topological polar surface area (TPSA) is 256 Å². The number of carboxylic acids is 2. The molecule has 2 amide bonds. The number of halogens is 6. The molecule has 4 heterocycles. The number of aliphatic carboxylic acids is 2. The third-order valence-corrected chi connectivity index (χ3v) is 11.4. The number of aryl methyl sites for hydroxylation is 2. The number of nitrogen functional groups attached to an aromatic ring is 2. The third kappa shape index (κ3) is 15.8. The molecule has 0 saturated heterocycles. The Morgan fingerprint density at radius 2 is 0.855 bits per heavy atom. The molecule has 8 rings (SSSR count). The Balaban J connectivity index is 0.000000225. The van der Waals surface area contributed by atoms with Crippen molar-refractivity contribution in [3.05, 3.63) is 203 Å². The van der Waals surface area contributed by atoms with E-state index in [2.05, 4.69) is 10.6 Å². The van der Waals surface area contributed by atoms with Gasteiger partial charge in [-0.05, 0) is 72.5 Å². The van der Waals surface area contributed by atoms with E-state index in [0.29, 0.717) is 35.6 Å². The summed E-state index contributed by atoms with van der Waals surface area (Å²) in [5.41, 5.74) is 19.9. The summed E-state index contributed by atoms with van der Waals surface area (Å²) in [5, 5.41) is 41.2. The first-order valence-electron chi connectivity index (χ1n) is 22.8. The zero-order valence-electron chi connectivity index (χ0n) is 41.2. The average molecular weight is 1050 g/mol. The highest BCUT2D eigenvalue weighted by Gasteiger charge is 2.29. The number of pyridine rings is 2. The summed E-state index contributed by atoms with van der Waals surface area (Å²) in [6, 6.07) is 42.7. The number of aromatic nitrogens is 4. The van der Waals surface area contributed by atoms with Gasteiger partial charge in [0.15, 0.2) is 24.8 Å². The standard InChI is InChI=1S/2C25H25N5O.2C2HF3O2/c2*1-17(19-10-12-29(2)13-11-19)28-25(31)23-15-20-7-3-4-9-22(20)30(23)16-18-6-5-8-21(14-18)24(26)27;2*3-2(4,5)1(6)7/h2*3-15,17H,16H2,1-2H3,(H3-,26,27,28,31);2*(H,6,7). The molecule has 8 N–H and O–H groups in total. The fourth-order valence-electron chi connectivity index (χ4n) is 7.49. The van der Waals surface area contributed by atoms with Crippen LogP contribution in [0.15, 0.2) is 158 Å². The number of carbonyl (C=O) groups excluding carboxylic acids is 4. The van der Waals surface area contributed by atoms with Crippen LogP contribution in [0.25, 0.3) is 21.8 Å². The molecule has 0 aliphatic carbocycles. The maximum Gasteiger partial charge on any atom is 0.430 e. The molecular formula is C54H52F6N10O6. The lowest BCUT2D eigenvalue weighted by Crippen LogP contribution is -2.37. The predicted molar refractivity (Wildman–Crippen MR) is 266 cm³/mol. The van der Waals surface area contributed by atoms with Crippen LogP contribution in [0.2, 0.25) is 0 Å². The minimum Gasteiger partial charge on any atom is -0.542 e. The van der Waals surface area contributed by atoms with Crippen LogP contribution >= 0.6 is 0 Å². The molecule has 8 aromatic rings. The Bertz CT molecular complexity index is 3150. The smallest absolute Gasteiger partial charge is 0.430 e. The van der Waals surface area contributed by atoms with Crippen LogP contribution in [0, 0.1) is 10.8 Å². The molecule has 0 radical (unpaired) electrons. The van der Waals surface area contributed by atoms with Crippen molar-refractivity contribution in [2.75, 3.05) is 0 Å². The van der Waals surface area contributed by atoms with Gasteiger partial charge in [-0.25, -0.2) is 9.13 Å². The number of fused-ring (bicyclic) bond motifs is 2. The highest BCUT2D eigenvalue weighted by molar-refractivity contribution is 6.00. The van der Waals surface area contributed by atoms with Crippen molar-refractivity contribution < 1.29 is 64.9 Å².